The highest BCUT2D eigenvalue weighted by Gasteiger charge is 2.29. The number of pyridine rings is 1. The highest BCUT2D eigenvalue weighted by molar-refractivity contribution is 5.94. The van der Waals surface area contributed by atoms with Crippen LogP contribution < -0.4 is 11.1 Å². The SMILES string of the molecule is Nc1cc(NC(=O)C2CC2)ccn1. The summed E-state index contributed by atoms with van der Waals surface area (Å²) in [6, 6.07) is 3.39. The van der Waals surface area contributed by atoms with Crippen LogP contribution in [-0.2, 0) is 4.79 Å². The summed E-state index contributed by atoms with van der Waals surface area (Å²) >= 11 is 0. The second-order valence-corrected chi connectivity index (χ2v) is 3.23. The molecule has 1 aliphatic rings. The molecule has 0 radical (unpaired) electrons. The molecule has 0 saturated heterocycles. The Kier molecular flexibility index (Phi) is 1.88. The number of nitrogens with one attached hydrogen (secondary N) is 1. The van der Waals surface area contributed by atoms with Crippen molar-refractivity contribution in [1.29, 1.82) is 0 Å². The zero-order chi connectivity index (χ0) is 9.26. The van der Waals surface area contributed by atoms with Crippen LogP contribution in [0.3, 0.4) is 0 Å². The molecule has 1 aromatic rings. The Morgan fingerprint density at radius 3 is 3.00 bits per heavy atom. The number of carbonyl (C=O) groups excluding carboxylic acids is 1. The number of hydrogen-bond donors (Lipinski definition) is 2. The highest BCUT2D eigenvalue weighted by atomic mass is 16.2. The predicted octanol–water partition coefficient (Wildman–Crippen LogP) is 1.01. The number of rotatable bonds is 2. The minimum Gasteiger partial charge on any atom is -0.384 e. The Labute approximate surface area is 76.2 Å². The number of carbonyl (C=O) groups is 1. The van der Waals surface area contributed by atoms with Gasteiger partial charge in [-0.3, -0.25) is 4.79 Å². The predicted molar refractivity (Wildman–Crippen MR) is 50.0 cm³/mol. The molecule has 2 rings (SSSR count). The van der Waals surface area contributed by atoms with E-state index in [1.54, 1.807) is 18.3 Å². The van der Waals surface area contributed by atoms with E-state index < -0.39 is 0 Å². The second-order valence-electron chi connectivity index (χ2n) is 3.23. The number of aromatic nitrogens is 1. The summed E-state index contributed by atoms with van der Waals surface area (Å²) in [6.45, 7) is 0. The summed E-state index contributed by atoms with van der Waals surface area (Å²) < 4.78 is 0. The minimum atomic E-state index is 0.0885. The van der Waals surface area contributed by atoms with E-state index >= 15 is 0 Å². The summed E-state index contributed by atoms with van der Waals surface area (Å²) in [5.74, 6) is 0.730. The van der Waals surface area contributed by atoms with Crippen LogP contribution in [0.1, 0.15) is 12.8 Å². The molecule has 13 heavy (non-hydrogen) atoms. The summed E-state index contributed by atoms with van der Waals surface area (Å²) in [5, 5.41) is 2.79. The van der Waals surface area contributed by atoms with Crippen molar-refractivity contribution < 1.29 is 4.79 Å². The Morgan fingerprint density at radius 2 is 2.38 bits per heavy atom. The minimum absolute atomic E-state index is 0.0885. The molecule has 0 aromatic carbocycles. The lowest BCUT2D eigenvalue weighted by Gasteiger charge is -2.03. The van der Waals surface area contributed by atoms with Crippen LogP contribution in [0.5, 0.6) is 0 Å². The number of anilines is 2. The van der Waals surface area contributed by atoms with Crippen LogP contribution in [0, 0.1) is 5.92 Å². The molecular weight excluding hydrogens is 166 g/mol. The summed E-state index contributed by atoms with van der Waals surface area (Å²) in [4.78, 5) is 15.1. The van der Waals surface area contributed by atoms with Gasteiger partial charge in [-0.05, 0) is 18.9 Å². The van der Waals surface area contributed by atoms with Gasteiger partial charge >= 0.3 is 0 Å². The largest absolute Gasteiger partial charge is 0.384 e. The first-order chi connectivity index (χ1) is 6.25. The van der Waals surface area contributed by atoms with Crippen molar-refractivity contribution >= 4 is 17.4 Å². The lowest BCUT2D eigenvalue weighted by Crippen LogP contribution is -2.13. The molecule has 3 N–H and O–H groups in total. The fourth-order valence-corrected chi connectivity index (χ4v) is 1.12. The maximum absolute atomic E-state index is 11.3. The first kappa shape index (κ1) is 8.04. The molecule has 4 nitrogen and oxygen atoms in total. The zero-order valence-corrected chi connectivity index (χ0v) is 7.16. The maximum Gasteiger partial charge on any atom is 0.227 e. The fraction of sp³-hybridized carbons (Fsp3) is 0.333. The van der Waals surface area contributed by atoms with Crippen molar-refractivity contribution in [2.24, 2.45) is 5.92 Å². The van der Waals surface area contributed by atoms with Crippen LogP contribution >= 0.6 is 0 Å². The molecule has 0 spiro atoms. The quantitative estimate of drug-likeness (QED) is 0.708. The van der Waals surface area contributed by atoms with Crippen molar-refractivity contribution in [1.82, 2.24) is 4.98 Å². The standard InChI is InChI=1S/C9H11N3O/c10-8-5-7(3-4-11-8)12-9(13)6-1-2-6/h3-6H,1-2H2,(H3,10,11,12,13). The molecule has 1 fully saturated rings. The van der Waals surface area contributed by atoms with Gasteiger partial charge in [0.15, 0.2) is 0 Å². The van der Waals surface area contributed by atoms with E-state index in [1.165, 1.54) is 0 Å². The molecule has 4 heteroatoms. The van der Waals surface area contributed by atoms with Crippen molar-refractivity contribution in [2.45, 2.75) is 12.8 Å². The topological polar surface area (TPSA) is 68.0 Å². The molecule has 1 heterocycles. The first-order valence-electron chi connectivity index (χ1n) is 4.28. The number of nitrogen functional groups attached to an aromatic ring is 1. The van der Waals surface area contributed by atoms with E-state index in [-0.39, 0.29) is 11.8 Å². The van der Waals surface area contributed by atoms with Gasteiger partial charge in [-0.15, -0.1) is 0 Å². The lowest BCUT2D eigenvalue weighted by atomic mass is 10.3. The number of nitrogens with zero attached hydrogens (tertiary/aromatic N) is 1. The third kappa shape index (κ3) is 1.96. The molecule has 1 aliphatic carbocycles. The van der Waals surface area contributed by atoms with Gasteiger partial charge in [0.25, 0.3) is 0 Å². The molecule has 1 amide bonds. The number of hydrogen-bond acceptors (Lipinski definition) is 3. The molecule has 1 saturated carbocycles. The van der Waals surface area contributed by atoms with Crippen LogP contribution in [0.2, 0.25) is 0 Å². The molecule has 68 valence electrons. The van der Waals surface area contributed by atoms with Crippen molar-refractivity contribution in [3.63, 3.8) is 0 Å². The molecule has 0 bridgehead atoms. The Hall–Kier alpha value is -1.58. The third-order valence-corrected chi connectivity index (χ3v) is 2.00. The maximum atomic E-state index is 11.3. The van der Waals surface area contributed by atoms with E-state index in [9.17, 15) is 4.79 Å². The van der Waals surface area contributed by atoms with Crippen molar-refractivity contribution in [3.05, 3.63) is 18.3 Å². The smallest absolute Gasteiger partial charge is 0.227 e. The summed E-state index contributed by atoms with van der Waals surface area (Å²) in [7, 11) is 0. The van der Waals surface area contributed by atoms with Gasteiger partial charge in [-0.25, -0.2) is 4.98 Å². The van der Waals surface area contributed by atoms with Gasteiger partial charge in [0.05, 0.1) is 0 Å². The molecule has 0 unspecified atom stereocenters. The average Bonchev–Trinajstić information content (AvgIpc) is 2.85. The van der Waals surface area contributed by atoms with E-state index in [1.807, 2.05) is 0 Å². The van der Waals surface area contributed by atoms with Crippen molar-refractivity contribution in [3.8, 4) is 0 Å². The van der Waals surface area contributed by atoms with E-state index in [4.69, 9.17) is 5.73 Å². The molecule has 0 atom stereocenters. The van der Waals surface area contributed by atoms with E-state index in [0.717, 1.165) is 18.5 Å². The van der Waals surface area contributed by atoms with E-state index in [2.05, 4.69) is 10.3 Å². The number of nitrogens with two attached hydrogens (primary N) is 1. The van der Waals surface area contributed by atoms with Crippen LogP contribution in [0.25, 0.3) is 0 Å². The number of amides is 1. The normalized spacial score (nSPS) is 15.4. The zero-order valence-electron chi connectivity index (χ0n) is 7.16. The van der Waals surface area contributed by atoms with Crippen LogP contribution in [0.15, 0.2) is 18.3 Å². The summed E-state index contributed by atoms with van der Waals surface area (Å²) in [5.41, 5.74) is 6.19. The van der Waals surface area contributed by atoms with Crippen molar-refractivity contribution in [2.75, 3.05) is 11.1 Å². The molecule has 0 aliphatic heterocycles. The van der Waals surface area contributed by atoms with Gasteiger partial charge in [0, 0.05) is 23.9 Å². The molecule has 1 aromatic heterocycles. The Bertz CT molecular complexity index is 333. The Balaban J connectivity index is 2.04. The summed E-state index contributed by atoms with van der Waals surface area (Å²) in [6.07, 6.45) is 3.59. The monoisotopic (exact) mass is 177 g/mol. The first-order valence-corrected chi connectivity index (χ1v) is 4.28. The molecular formula is C9H11N3O. The van der Waals surface area contributed by atoms with Crippen LogP contribution in [-0.4, -0.2) is 10.9 Å². The fourth-order valence-electron chi connectivity index (χ4n) is 1.12. The highest BCUT2D eigenvalue weighted by Crippen LogP contribution is 2.30. The van der Waals surface area contributed by atoms with Gasteiger partial charge < -0.3 is 11.1 Å². The Morgan fingerprint density at radius 1 is 1.62 bits per heavy atom. The van der Waals surface area contributed by atoms with Gasteiger partial charge in [0.2, 0.25) is 5.91 Å². The average molecular weight is 177 g/mol. The van der Waals surface area contributed by atoms with Gasteiger partial charge in [0.1, 0.15) is 5.82 Å². The second kappa shape index (κ2) is 3.05. The van der Waals surface area contributed by atoms with Crippen LogP contribution in [0.4, 0.5) is 11.5 Å². The van der Waals surface area contributed by atoms with Gasteiger partial charge in [-0.1, -0.05) is 0 Å². The third-order valence-electron chi connectivity index (χ3n) is 2.00. The van der Waals surface area contributed by atoms with E-state index in [0.29, 0.717) is 5.82 Å². The van der Waals surface area contributed by atoms with Gasteiger partial charge in [-0.2, -0.15) is 0 Å². The lowest BCUT2D eigenvalue weighted by molar-refractivity contribution is -0.117.